The van der Waals surface area contributed by atoms with Crippen molar-refractivity contribution in [3.05, 3.63) is 71.8 Å². The van der Waals surface area contributed by atoms with Crippen LogP contribution in [-0.2, 0) is 25.6 Å². The van der Waals surface area contributed by atoms with Crippen molar-refractivity contribution in [3.8, 4) is 34.1 Å². The molecule has 3 aromatic rings. The van der Waals surface area contributed by atoms with Gasteiger partial charge in [-0.25, -0.2) is 4.79 Å². The zero-order valence-corrected chi connectivity index (χ0v) is 21.5. The standard InChI is InChI=1S/C28H28N2O8/c1-33-22-6-5-7-23(34-2)25(22)18-10-8-17(9-11-18)14-20(28(32)35-3)29-27(31)26(30-36-4)19-12-13-21-24(15-19)38-16-37-21/h5-13,15,20H,14,16H2,1-4H3,(H,29,31)/t20-/m0/s1. The van der Waals surface area contributed by atoms with E-state index in [0.717, 1.165) is 16.7 Å². The third kappa shape index (κ3) is 5.64. The summed E-state index contributed by atoms with van der Waals surface area (Å²) in [5.74, 6) is 1.17. The highest BCUT2D eigenvalue weighted by Crippen LogP contribution is 2.38. The maximum Gasteiger partial charge on any atom is 0.328 e. The fourth-order valence-corrected chi connectivity index (χ4v) is 4.10. The van der Waals surface area contributed by atoms with Crippen molar-refractivity contribution >= 4 is 17.6 Å². The number of methoxy groups -OCH3 is 3. The molecule has 1 N–H and O–H groups in total. The van der Waals surface area contributed by atoms with Crippen LogP contribution in [0.2, 0.25) is 0 Å². The highest BCUT2D eigenvalue weighted by molar-refractivity contribution is 6.45. The molecule has 0 saturated carbocycles. The molecule has 1 heterocycles. The largest absolute Gasteiger partial charge is 0.496 e. The summed E-state index contributed by atoms with van der Waals surface area (Å²) in [7, 11) is 5.79. The molecule has 198 valence electrons. The Morgan fingerprint density at radius 2 is 1.61 bits per heavy atom. The molecule has 0 saturated heterocycles. The zero-order chi connectivity index (χ0) is 27.1. The summed E-state index contributed by atoms with van der Waals surface area (Å²) in [5.41, 5.74) is 2.89. The summed E-state index contributed by atoms with van der Waals surface area (Å²) in [6, 6.07) is 17.1. The molecule has 0 fully saturated rings. The molecule has 0 bridgehead atoms. The Bertz CT molecular complexity index is 1310. The van der Waals surface area contributed by atoms with Crippen LogP contribution in [0.25, 0.3) is 11.1 Å². The monoisotopic (exact) mass is 520 g/mol. The van der Waals surface area contributed by atoms with Crippen LogP contribution in [0.1, 0.15) is 11.1 Å². The second-order valence-corrected chi connectivity index (χ2v) is 8.18. The molecule has 0 unspecified atom stereocenters. The van der Waals surface area contributed by atoms with E-state index in [-0.39, 0.29) is 18.9 Å². The van der Waals surface area contributed by atoms with Gasteiger partial charge in [-0.15, -0.1) is 0 Å². The van der Waals surface area contributed by atoms with E-state index in [4.69, 9.17) is 28.5 Å². The molecular formula is C28H28N2O8. The summed E-state index contributed by atoms with van der Waals surface area (Å²) < 4.78 is 26.7. The number of carbonyl (C=O) groups is 2. The van der Waals surface area contributed by atoms with Gasteiger partial charge >= 0.3 is 5.97 Å². The first-order chi connectivity index (χ1) is 18.5. The Balaban J connectivity index is 1.55. The van der Waals surface area contributed by atoms with Crippen LogP contribution in [0.3, 0.4) is 0 Å². The Morgan fingerprint density at radius 3 is 2.24 bits per heavy atom. The number of nitrogens with one attached hydrogen (secondary N) is 1. The fraction of sp³-hybridized carbons (Fsp3) is 0.250. The summed E-state index contributed by atoms with van der Waals surface area (Å²) in [6.45, 7) is 0.0920. The second-order valence-electron chi connectivity index (χ2n) is 8.18. The number of hydrogen-bond acceptors (Lipinski definition) is 9. The average molecular weight is 521 g/mol. The van der Waals surface area contributed by atoms with Crippen LogP contribution in [0.15, 0.2) is 65.8 Å². The number of hydrogen-bond donors (Lipinski definition) is 1. The van der Waals surface area contributed by atoms with Gasteiger partial charge in [0.1, 0.15) is 24.7 Å². The van der Waals surface area contributed by atoms with Gasteiger partial charge in [-0.1, -0.05) is 35.5 Å². The van der Waals surface area contributed by atoms with Crippen LogP contribution in [-0.4, -0.2) is 58.9 Å². The van der Waals surface area contributed by atoms with E-state index < -0.39 is 17.9 Å². The Hall–Kier alpha value is -4.73. The molecule has 10 nitrogen and oxygen atoms in total. The fourth-order valence-electron chi connectivity index (χ4n) is 4.10. The van der Waals surface area contributed by atoms with E-state index in [1.807, 2.05) is 42.5 Å². The quantitative estimate of drug-likeness (QED) is 0.246. The number of oxime groups is 1. The topological polar surface area (TPSA) is 114 Å². The first kappa shape index (κ1) is 26.3. The molecule has 1 amide bonds. The number of benzene rings is 3. The molecule has 0 aliphatic carbocycles. The van der Waals surface area contributed by atoms with Gasteiger partial charge in [0.05, 0.1) is 26.9 Å². The van der Waals surface area contributed by atoms with Crippen molar-refractivity contribution < 1.29 is 38.1 Å². The van der Waals surface area contributed by atoms with Gasteiger partial charge in [-0.05, 0) is 41.5 Å². The van der Waals surface area contributed by atoms with Crippen molar-refractivity contribution in [2.75, 3.05) is 35.2 Å². The van der Waals surface area contributed by atoms with Crippen molar-refractivity contribution in [3.63, 3.8) is 0 Å². The minimum atomic E-state index is -0.977. The van der Waals surface area contributed by atoms with Crippen LogP contribution in [0.4, 0.5) is 0 Å². The van der Waals surface area contributed by atoms with Gasteiger partial charge in [-0.3, -0.25) is 4.79 Å². The average Bonchev–Trinajstić information content (AvgIpc) is 3.43. The Labute approximate surface area is 220 Å². The van der Waals surface area contributed by atoms with Crippen LogP contribution >= 0.6 is 0 Å². The molecule has 1 atom stereocenters. The summed E-state index contributed by atoms with van der Waals surface area (Å²) in [5, 5.41) is 6.59. The van der Waals surface area contributed by atoms with Gasteiger partial charge in [0.15, 0.2) is 17.2 Å². The predicted octanol–water partition coefficient (Wildman–Crippen LogP) is 3.35. The lowest BCUT2D eigenvalue weighted by atomic mass is 9.99. The van der Waals surface area contributed by atoms with Gasteiger partial charge in [-0.2, -0.15) is 0 Å². The molecular weight excluding hydrogens is 492 g/mol. The van der Waals surface area contributed by atoms with Crippen LogP contribution < -0.4 is 24.3 Å². The Kier molecular flexibility index (Phi) is 8.32. The molecule has 3 aromatic carbocycles. The molecule has 4 rings (SSSR count). The number of esters is 1. The van der Waals surface area contributed by atoms with Crippen LogP contribution in [0.5, 0.6) is 23.0 Å². The van der Waals surface area contributed by atoms with E-state index in [9.17, 15) is 9.59 Å². The molecule has 10 heteroatoms. The molecule has 0 spiro atoms. The SMILES string of the molecule is CON=C(C(=O)N[C@@H](Cc1ccc(-c2c(OC)cccc2OC)cc1)C(=O)OC)c1ccc2c(c1)OCO2. The van der Waals surface area contributed by atoms with Crippen molar-refractivity contribution in [2.45, 2.75) is 12.5 Å². The van der Waals surface area contributed by atoms with E-state index in [1.165, 1.54) is 14.2 Å². The predicted molar refractivity (Wildman–Crippen MR) is 139 cm³/mol. The van der Waals surface area contributed by atoms with Crippen molar-refractivity contribution in [1.82, 2.24) is 5.32 Å². The molecule has 0 radical (unpaired) electrons. The third-order valence-corrected chi connectivity index (χ3v) is 5.94. The lowest BCUT2D eigenvalue weighted by molar-refractivity contribution is -0.144. The minimum absolute atomic E-state index is 0.0293. The van der Waals surface area contributed by atoms with E-state index in [2.05, 4.69) is 10.5 Å². The van der Waals surface area contributed by atoms with Crippen molar-refractivity contribution in [1.29, 1.82) is 0 Å². The number of rotatable bonds is 10. The van der Waals surface area contributed by atoms with Crippen molar-refractivity contribution in [2.24, 2.45) is 5.16 Å². The number of nitrogens with zero attached hydrogens (tertiary/aromatic N) is 1. The van der Waals surface area contributed by atoms with E-state index >= 15 is 0 Å². The third-order valence-electron chi connectivity index (χ3n) is 5.94. The zero-order valence-electron chi connectivity index (χ0n) is 21.5. The molecule has 1 aliphatic rings. The number of fused-ring (bicyclic) bond motifs is 1. The highest BCUT2D eigenvalue weighted by Gasteiger charge is 2.27. The normalized spacial score (nSPS) is 12.9. The summed E-state index contributed by atoms with van der Waals surface area (Å²) in [6.07, 6.45) is 0.184. The van der Waals surface area contributed by atoms with E-state index in [1.54, 1.807) is 32.4 Å². The summed E-state index contributed by atoms with van der Waals surface area (Å²) >= 11 is 0. The van der Waals surface area contributed by atoms with Gasteiger partial charge in [0.25, 0.3) is 5.91 Å². The maximum absolute atomic E-state index is 13.2. The number of ether oxygens (including phenoxy) is 5. The smallest absolute Gasteiger partial charge is 0.328 e. The lowest BCUT2D eigenvalue weighted by Crippen LogP contribution is -2.46. The van der Waals surface area contributed by atoms with Crippen LogP contribution in [0, 0.1) is 0 Å². The molecule has 0 aromatic heterocycles. The van der Waals surface area contributed by atoms with E-state index in [0.29, 0.717) is 28.6 Å². The first-order valence-electron chi connectivity index (χ1n) is 11.7. The molecule has 38 heavy (non-hydrogen) atoms. The second kappa shape index (κ2) is 12.0. The minimum Gasteiger partial charge on any atom is -0.496 e. The Morgan fingerprint density at radius 1 is 0.921 bits per heavy atom. The van der Waals surface area contributed by atoms with Gasteiger partial charge in [0.2, 0.25) is 6.79 Å². The van der Waals surface area contributed by atoms with Gasteiger partial charge in [0, 0.05) is 12.0 Å². The lowest BCUT2D eigenvalue weighted by Gasteiger charge is -2.18. The van der Waals surface area contributed by atoms with Gasteiger partial charge < -0.3 is 33.8 Å². The highest BCUT2D eigenvalue weighted by atomic mass is 16.7. The maximum atomic E-state index is 13.2. The first-order valence-corrected chi connectivity index (χ1v) is 11.7. The molecule has 1 aliphatic heterocycles. The summed E-state index contributed by atoms with van der Waals surface area (Å²) in [4.78, 5) is 30.7. The number of carbonyl (C=O) groups excluding carboxylic acids is 2. The number of amides is 1.